The van der Waals surface area contributed by atoms with Crippen molar-refractivity contribution in [2.75, 3.05) is 24.6 Å². The second-order valence-corrected chi connectivity index (χ2v) is 4.85. The van der Waals surface area contributed by atoms with Crippen molar-refractivity contribution in [3.8, 4) is 0 Å². The van der Waals surface area contributed by atoms with Gasteiger partial charge in [-0.15, -0.1) is 0 Å². The summed E-state index contributed by atoms with van der Waals surface area (Å²) in [5.41, 5.74) is 0.486. The van der Waals surface area contributed by atoms with Gasteiger partial charge in [0.2, 0.25) is 0 Å². The highest BCUT2D eigenvalue weighted by atomic mass is 19.3. The maximum Gasteiger partial charge on any atom is 0.345 e. The Hall–Kier alpha value is -1.76. The maximum atomic E-state index is 12.1. The van der Waals surface area contributed by atoms with Crippen molar-refractivity contribution in [1.29, 1.82) is 0 Å². The third kappa shape index (κ3) is 4.10. The van der Waals surface area contributed by atoms with Crippen LogP contribution in [0.2, 0.25) is 0 Å². The number of amides is 1. The minimum absolute atomic E-state index is 0.0164. The molecule has 1 aromatic heterocycles. The normalized spacial score (nSPS) is 18.3. The Kier molecular flexibility index (Phi) is 5.44. The highest BCUT2D eigenvalue weighted by molar-refractivity contribution is 5.94. The number of ether oxygens (including phenoxy) is 1. The molecule has 1 amide bonds. The highest BCUT2D eigenvalue weighted by Gasteiger charge is 2.26. The van der Waals surface area contributed by atoms with Crippen molar-refractivity contribution >= 4 is 11.7 Å². The second-order valence-electron chi connectivity index (χ2n) is 4.85. The molecule has 2 rings (SSSR count). The van der Waals surface area contributed by atoms with Gasteiger partial charge < -0.3 is 15.0 Å². The molecule has 1 N–H and O–H groups in total. The molecule has 7 heteroatoms. The number of anilines is 1. The van der Waals surface area contributed by atoms with Crippen molar-refractivity contribution in [3.63, 3.8) is 0 Å². The molecule has 2 heterocycles. The summed E-state index contributed by atoms with van der Waals surface area (Å²) in [5.74, 6) is 0.513. The van der Waals surface area contributed by atoms with Crippen LogP contribution in [0.3, 0.4) is 0 Å². The fourth-order valence-corrected chi connectivity index (χ4v) is 2.45. The fraction of sp³-hybridized carbons (Fsp3) is 0.571. The van der Waals surface area contributed by atoms with Gasteiger partial charge in [-0.1, -0.05) is 0 Å². The molecule has 21 heavy (non-hydrogen) atoms. The van der Waals surface area contributed by atoms with E-state index in [-0.39, 0.29) is 18.6 Å². The van der Waals surface area contributed by atoms with E-state index in [9.17, 15) is 13.6 Å². The summed E-state index contributed by atoms with van der Waals surface area (Å²) >= 11 is 0. The van der Waals surface area contributed by atoms with Gasteiger partial charge in [-0.05, 0) is 31.9 Å². The molecule has 1 fully saturated rings. The van der Waals surface area contributed by atoms with E-state index in [4.69, 9.17) is 0 Å². The molecular formula is C14H19F2N3O2. The molecule has 0 spiro atoms. The Bertz CT molecular complexity index is 468. The summed E-state index contributed by atoms with van der Waals surface area (Å²) in [5, 5.41) is 2.70. The van der Waals surface area contributed by atoms with E-state index < -0.39 is 6.61 Å². The Morgan fingerprint density at radius 2 is 2.38 bits per heavy atom. The Morgan fingerprint density at radius 3 is 3.00 bits per heavy atom. The number of alkyl halides is 2. The molecule has 1 aliphatic heterocycles. The van der Waals surface area contributed by atoms with Gasteiger partial charge in [0.15, 0.2) is 0 Å². The van der Waals surface area contributed by atoms with Crippen LogP contribution in [0.4, 0.5) is 14.6 Å². The molecule has 116 valence electrons. The van der Waals surface area contributed by atoms with E-state index in [1.807, 2.05) is 11.8 Å². The number of halogens is 2. The third-order valence-electron chi connectivity index (χ3n) is 3.43. The number of rotatable bonds is 6. The number of hydrogen-bond donors (Lipinski definition) is 1. The fourth-order valence-electron chi connectivity index (χ4n) is 2.45. The zero-order chi connectivity index (χ0) is 15.2. The van der Waals surface area contributed by atoms with E-state index >= 15 is 0 Å². The molecule has 0 aliphatic carbocycles. The molecule has 1 atom stereocenters. The van der Waals surface area contributed by atoms with Crippen LogP contribution in [0, 0.1) is 0 Å². The quantitative estimate of drug-likeness (QED) is 0.873. The van der Waals surface area contributed by atoms with Crippen LogP contribution in [0.1, 0.15) is 30.1 Å². The number of hydrogen-bond acceptors (Lipinski definition) is 4. The average Bonchev–Trinajstić information content (AvgIpc) is 2.94. The third-order valence-corrected chi connectivity index (χ3v) is 3.43. The van der Waals surface area contributed by atoms with E-state index in [2.05, 4.69) is 15.0 Å². The zero-order valence-corrected chi connectivity index (χ0v) is 11.9. The van der Waals surface area contributed by atoms with Crippen LogP contribution in [0.5, 0.6) is 0 Å². The molecule has 1 aromatic rings. The Balaban J connectivity index is 2.01. The number of pyridine rings is 1. The van der Waals surface area contributed by atoms with Crippen LogP contribution in [-0.4, -0.2) is 43.2 Å². The molecule has 0 saturated carbocycles. The molecule has 0 aromatic carbocycles. The summed E-state index contributed by atoms with van der Waals surface area (Å²) in [4.78, 5) is 17.9. The monoisotopic (exact) mass is 299 g/mol. The second kappa shape index (κ2) is 7.31. The summed E-state index contributed by atoms with van der Waals surface area (Å²) < 4.78 is 28.7. The van der Waals surface area contributed by atoms with Crippen molar-refractivity contribution in [2.24, 2.45) is 0 Å². The average molecular weight is 299 g/mol. The predicted octanol–water partition coefficient (Wildman–Crippen LogP) is 2.04. The predicted molar refractivity (Wildman–Crippen MR) is 74.6 cm³/mol. The molecule has 1 saturated heterocycles. The largest absolute Gasteiger partial charge is 0.352 e. The molecule has 0 unspecified atom stereocenters. The molecule has 0 radical (unpaired) electrons. The first-order chi connectivity index (χ1) is 10.1. The Morgan fingerprint density at radius 1 is 1.57 bits per heavy atom. The molecule has 5 nitrogen and oxygen atoms in total. The van der Waals surface area contributed by atoms with Gasteiger partial charge >= 0.3 is 6.61 Å². The standard InChI is InChI=1S/C14H19F2N3O2/c1-2-17-13(20)10-5-6-12(18-8-10)19-7-3-4-11(19)9-21-14(15)16/h5-6,8,11,14H,2-4,7,9H2,1H3,(H,17,20)/t11-/m0/s1. The smallest absolute Gasteiger partial charge is 0.345 e. The van der Waals surface area contributed by atoms with Gasteiger partial charge in [-0.2, -0.15) is 8.78 Å². The number of nitrogens with zero attached hydrogens (tertiary/aromatic N) is 2. The highest BCUT2D eigenvalue weighted by Crippen LogP contribution is 2.24. The summed E-state index contributed by atoms with van der Waals surface area (Å²) in [6.07, 6.45) is 3.22. The zero-order valence-electron chi connectivity index (χ0n) is 11.9. The summed E-state index contributed by atoms with van der Waals surface area (Å²) in [6, 6.07) is 3.34. The summed E-state index contributed by atoms with van der Waals surface area (Å²) in [7, 11) is 0. The Labute approximate surface area is 122 Å². The topological polar surface area (TPSA) is 54.5 Å². The maximum absolute atomic E-state index is 12.1. The molecule has 1 aliphatic rings. The SMILES string of the molecule is CCNC(=O)c1ccc(N2CCC[C@H]2COC(F)F)nc1. The van der Waals surface area contributed by atoms with Crippen molar-refractivity contribution in [1.82, 2.24) is 10.3 Å². The molecule has 0 bridgehead atoms. The lowest BCUT2D eigenvalue weighted by atomic mass is 10.2. The van der Waals surface area contributed by atoms with E-state index in [0.29, 0.717) is 17.9 Å². The minimum Gasteiger partial charge on any atom is -0.352 e. The van der Waals surface area contributed by atoms with Crippen LogP contribution < -0.4 is 10.2 Å². The van der Waals surface area contributed by atoms with E-state index in [0.717, 1.165) is 19.4 Å². The van der Waals surface area contributed by atoms with E-state index in [1.165, 1.54) is 6.20 Å². The first-order valence-electron chi connectivity index (χ1n) is 7.02. The van der Waals surface area contributed by atoms with Crippen molar-refractivity contribution in [2.45, 2.75) is 32.4 Å². The van der Waals surface area contributed by atoms with Gasteiger partial charge in [0.1, 0.15) is 5.82 Å². The lowest BCUT2D eigenvalue weighted by molar-refractivity contribution is -0.131. The lowest BCUT2D eigenvalue weighted by Crippen LogP contribution is -2.34. The lowest BCUT2D eigenvalue weighted by Gasteiger charge is -2.25. The van der Waals surface area contributed by atoms with Crippen molar-refractivity contribution in [3.05, 3.63) is 23.9 Å². The first-order valence-corrected chi connectivity index (χ1v) is 7.02. The number of carbonyl (C=O) groups is 1. The van der Waals surface area contributed by atoms with Crippen LogP contribution in [0.25, 0.3) is 0 Å². The van der Waals surface area contributed by atoms with Crippen LogP contribution in [0.15, 0.2) is 18.3 Å². The number of carbonyl (C=O) groups excluding carboxylic acids is 1. The van der Waals surface area contributed by atoms with Gasteiger partial charge in [0.25, 0.3) is 5.91 Å². The first kappa shape index (κ1) is 15.6. The van der Waals surface area contributed by atoms with Gasteiger partial charge in [0.05, 0.1) is 18.2 Å². The van der Waals surface area contributed by atoms with Crippen LogP contribution >= 0.6 is 0 Å². The molecular weight excluding hydrogens is 280 g/mol. The van der Waals surface area contributed by atoms with Crippen molar-refractivity contribution < 1.29 is 18.3 Å². The van der Waals surface area contributed by atoms with Gasteiger partial charge in [-0.25, -0.2) is 4.98 Å². The van der Waals surface area contributed by atoms with Gasteiger partial charge in [0, 0.05) is 19.3 Å². The number of nitrogens with one attached hydrogen (secondary N) is 1. The van der Waals surface area contributed by atoms with Gasteiger partial charge in [-0.3, -0.25) is 4.79 Å². The van der Waals surface area contributed by atoms with Crippen LogP contribution in [-0.2, 0) is 4.74 Å². The summed E-state index contributed by atoms with van der Waals surface area (Å²) in [6.45, 7) is 0.389. The van der Waals surface area contributed by atoms with E-state index in [1.54, 1.807) is 12.1 Å². The minimum atomic E-state index is -2.75. The number of aromatic nitrogens is 1.